The lowest BCUT2D eigenvalue weighted by molar-refractivity contribution is 0.321. The lowest BCUT2D eigenvalue weighted by Crippen LogP contribution is -2.20. The van der Waals surface area contributed by atoms with Gasteiger partial charge in [-0.25, -0.2) is 9.97 Å². The van der Waals surface area contributed by atoms with E-state index in [4.69, 9.17) is 0 Å². The zero-order valence-corrected chi connectivity index (χ0v) is 15.7. The number of hydrogen-bond donors (Lipinski definition) is 1. The van der Waals surface area contributed by atoms with Gasteiger partial charge in [-0.05, 0) is 44.1 Å². The zero-order valence-electron chi connectivity index (χ0n) is 15.7. The molecule has 9 heteroatoms. The van der Waals surface area contributed by atoms with E-state index in [1.54, 1.807) is 17.1 Å². The van der Waals surface area contributed by atoms with Gasteiger partial charge in [-0.3, -0.25) is 14.0 Å². The van der Waals surface area contributed by atoms with Gasteiger partial charge >= 0.3 is 0 Å². The van der Waals surface area contributed by atoms with Crippen LogP contribution >= 0.6 is 0 Å². The Labute approximate surface area is 162 Å². The summed E-state index contributed by atoms with van der Waals surface area (Å²) >= 11 is 0. The van der Waals surface area contributed by atoms with E-state index >= 15 is 0 Å². The van der Waals surface area contributed by atoms with Gasteiger partial charge in [0.15, 0.2) is 11.5 Å². The number of anilines is 2. The summed E-state index contributed by atoms with van der Waals surface area (Å²) in [6.45, 7) is 3.12. The van der Waals surface area contributed by atoms with E-state index in [-0.39, 0.29) is 0 Å². The number of fused-ring (bicyclic) bond motifs is 1. The molecule has 4 aromatic rings. The van der Waals surface area contributed by atoms with Crippen LogP contribution in [0.5, 0.6) is 0 Å². The van der Waals surface area contributed by atoms with Gasteiger partial charge < -0.3 is 5.32 Å². The quantitative estimate of drug-likeness (QED) is 0.572. The molecule has 9 nitrogen and oxygen atoms in total. The molecule has 5 rings (SSSR count). The lowest BCUT2D eigenvalue weighted by atomic mass is 10.2. The minimum absolute atomic E-state index is 0.525. The number of hydrogen-bond acceptors (Lipinski definition) is 7. The second kappa shape index (κ2) is 7.01. The Morgan fingerprint density at radius 3 is 2.79 bits per heavy atom. The highest BCUT2D eigenvalue weighted by molar-refractivity contribution is 5.65. The van der Waals surface area contributed by atoms with Crippen molar-refractivity contribution >= 4 is 17.4 Å². The molecule has 0 saturated carbocycles. The van der Waals surface area contributed by atoms with E-state index in [1.165, 1.54) is 12.8 Å². The molecule has 1 fully saturated rings. The van der Waals surface area contributed by atoms with Crippen molar-refractivity contribution in [3.05, 3.63) is 48.7 Å². The first kappa shape index (κ1) is 16.8. The summed E-state index contributed by atoms with van der Waals surface area (Å²) in [5.74, 6) is 2.33. The molecule has 1 aliphatic rings. The molecule has 28 heavy (non-hydrogen) atoms. The van der Waals surface area contributed by atoms with E-state index in [0.717, 1.165) is 48.2 Å². The SMILES string of the molecule is Cn1nccc1Nc1nccc(-c2ccn3c(CN4CCCC4)nnc3c2)n1. The molecular weight excluding hydrogens is 354 g/mol. The lowest BCUT2D eigenvalue weighted by Gasteiger charge is -2.12. The number of nitrogens with zero attached hydrogens (tertiary/aromatic N) is 8. The highest BCUT2D eigenvalue weighted by atomic mass is 15.3. The first-order chi connectivity index (χ1) is 13.8. The minimum atomic E-state index is 0.525. The van der Waals surface area contributed by atoms with Crippen LogP contribution in [0.4, 0.5) is 11.8 Å². The molecule has 0 amide bonds. The number of pyridine rings is 1. The molecule has 142 valence electrons. The third-order valence-electron chi connectivity index (χ3n) is 5.06. The van der Waals surface area contributed by atoms with Gasteiger partial charge in [-0.2, -0.15) is 5.10 Å². The van der Waals surface area contributed by atoms with Crippen LogP contribution in [0.2, 0.25) is 0 Å². The van der Waals surface area contributed by atoms with Gasteiger partial charge in [0.1, 0.15) is 5.82 Å². The van der Waals surface area contributed by atoms with Crippen LogP contribution in [0.3, 0.4) is 0 Å². The summed E-state index contributed by atoms with van der Waals surface area (Å²) in [7, 11) is 1.87. The van der Waals surface area contributed by atoms with Crippen LogP contribution < -0.4 is 5.32 Å². The molecule has 5 heterocycles. The largest absolute Gasteiger partial charge is 0.309 e. The molecule has 1 N–H and O–H groups in total. The second-order valence-electron chi connectivity index (χ2n) is 6.97. The van der Waals surface area contributed by atoms with Crippen molar-refractivity contribution in [1.29, 1.82) is 0 Å². The fourth-order valence-corrected chi connectivity index (χ4v) is 3.54. The summed E-state index contributed by atoms with van der Waals surface area (Å²) in [4.78, 5) is 11.4. The predicted molar refractivity (Wildman–Crippen MR) is 105 cm³/mol. The van der Waals surface area contributed by atoms with Crippen molar-refractivity contribution in [2.24, 2.45) is 7.05 Å². The number of aryl methyl sites for hydroxylation is 1. The van der Waals surface area contributed by atoms with E-state index < -0.39 is 0 Å². The average Bonchev–Trinajstić information content (AvgIpc) is 3.45. The number of likely N-dealkylation sites (tertiary alicyclic amines) is 1. The predicted octanol–water partition coefficient (Wildman–Crippen LogP) is 2.26. The maximum Gasteiger partial charge on any atom is 0.228 e. The molecule has 0 spiro atoms. The molecule has 1 saturated heterocycles. The fourth-order valence-electron chi connectivity index (χ4n) is 3.54. The van der Waals surface area contributed by atoms with Crippen LogP contribution in [-0.4, -0.2) is 52.3 Å². The summed E-state index contributed by atoms with van der Waals surface area (Å²) in [5.41, 5.74) is 2.63. The summed E-state index contributed by atoms with van der Waals surface area (Å²) in [5, 5.41) is 16.1. The van der Waals surface area contributed by atoms with Crippen LogP contribution in [0, 0.1) is 0 Å². The van der Waals surface area contributed by atoms with Crippen molar-refractivity contribution in [1.82, 2.24) is 39.2 Å². The Kier molecular flexibility index (Phi) is 4.21. The zero-order chi connectivity index (χ0) is 18.9. The number of aromatic nitrogens is 7. The van der Waals surface area contributed by atoms with Gasteiger partial charge in [-0.1, -0.05) is 0 Å². The Hall–Kier alpha value is -3.33. The van der Waals surface area contributed by atoms with Crippen LogP contribution in [0.15, 0.2) is 42.9 Å². The van der Waals surface area contributed by atoms with Crippen LogP contribution in [-0.2, 0) is 13.6 Å². The number of nitrogens with one attached hydrogen (secondary N) is 1. The Bertz CT molecular complexity index is 1110. The summed E-state index contributed by atoms with van der Waals surface area (Å²) in [6.07, 6.45) is 8.03. The molecule has 0 atom stereocenters. The fraction of sp³-hybridized carbons (Fsp3) is 0.316. The Balaban J connectivity index is 1.41. The van der Waals surface area contributed by atoms with Gasteiger partial charge in [0.05, 0.1) is 18.4 Å². The number of rotatable bonds is 5. The van der Waals surface area contributed by atoms with Crippen LogP contribution in [0.1, 0.15) is 18.7 Å². The van der Waals surface area contributed by atoms with E-state index in [2.05, 4.69) is 39.9 Å². The maximum atomic E-state index is 4.63. The standard InChI is InChI=1S/C19H21N9/c1-26-16(5-8-21-26)23-19-20-7-4-15(22-19)14-6-11-28-17(12-14)24-25-18(28)13-27-9-2-3-10-27/h4-8,11-12H,2-3,9-10,13H2,1H3,(H,20,22,23). The van der Waals surface area contributed by atoms with Crippen molar-refractivity contribution in [2.75, 3.05) is 18.4 Å². The first-order valence-corrected chi connectivity index (χ1v) is 9.41. The monoisotopic (exact) mass is 375 g/mol. The van der Waals surface area contributed by atoms with Crippen molar-refractivity contribution in [3.8, 4) is 11.3 Å². The first-order valence-electron chi connectivity index (χ1n) is 9.41. The van der Waals surface area contributed by atoms with E-state index in [0.29, 0.717) is 5.95 Å². The second-order valence-corrected chi connectivity index (χ2v) is 6.97. The van der Waals surface area contributed by atoms with Crippen LogP contribution in [0.25, 0.3) is 16.9 Å². The Morgan fingerprint density at radius 2 is 1.96 bits per heavy atom. The van der Waals surface area contributed by atoms with Crippen molar-refractivity contribution in [2.45, 2.75) is 19.4 Å². The van der Waals surface area contributed by atoms with Gasteiger partial charge in [0, 0.05) is 31.1 Å². The smallest absolute Gasteiger partial charge is 0.228 e. The third kappa shape index (κ3) is 3.20. The third-order valence-corrected chi connectivity index (χ3v) is 5.06. The topological polar surface area (TPSA) is 89.1 Å². The molecule has 0 radical (unpaired) electrons. The van der Waals surface area contributed by atoms with Crippen molar-refractivity contribution < 1.29 is 0 Å². The molecule has 4 aromatic heterocycles. The van der Waals surface area contributed by atoms with Gasteiger partial charge in [-0.15, -0.1) is 10.2 Å². The molecule has 0 aliphatic carbocycles. The average molecular weight is 375 g/mol. The Morgan fingerprint density at radius 1 is 1.07 bits per heavy atom. The molecular formula is C19H21N9. The normalized spacial score (nSPS) is 14.8. The maximum absolute atomic E-state index is 4.63. The molecule has 1 aliphatic heterocycles. The molecule has 0 aromatic carbocycles. The molecule has 0 unspecified atom stereocenters. The minimum Gasteiger partial charge on any atom is -0.309 e. The van der Waals surface area contributed by atoms with Gasteiger partial charge in [0.2, 0.25) is 5.95 Å². The summed E-state index contributed by atoms with van der Waals surface area (Å²) < 4.78 is 3.79. The van der Waals surface area contributed by atoms with E-state index in [9.17, 15) is 0 Å². The summed E-state index contributed by atoms with van der Waals surface area (Å²) in [6, 6.07) is 7.82. The highest BCUT2D eigenvalue weighted by Crippen LogP contribution is 2.21. The van der Waals surface area contributed by atoms with Gasteiger partial charge in [0.25, 0.3) is 0 Å². The molecule has 0 bridgehead atoms. The van der Waals surface area contributed by atoms with E-state index in [1.807, 2.05) is 37.5 Å². The van der Waals surface area contributed by atoms with Crippen molar-refractivity contribution in [3.63, 3.8) is 0 Å². The highest BCUT2D eigenvalue weighted by Gasteiger charge is 2.15.